The van der Waals surface area contributed by atoms with Crippen molar-refractivity contribution in [3.63, 3.8) is 0 Å². The largest absolute Gasteiger partial charge is 0.487 e. The highest BCUT2D eigenvalue weighted by atomic mass is 16.5. The SMILES string of the molecule is CCOC(=O)c1n[nH]nc1-c1ccccc1OC(C)(C)C. The van der Waals surface area contributed by atoms with E-state index >= 15 is 0 Å². The molecule has 6 nitrogen and oxygen atoms in total. The minimum atomic E-state index is -0.508. The number of carbonyl (C=O) groups excluding carboxylic acids is 1. The first kappa shape index (κ1) is 15.0. The Labute approximate surface area is 123 Å². The van der Waals surface area contributed by atoms with Crippen LogP contribution in [0.2, 0.25) is 0 Å². The van der Waals surface area contributed by atoms with Crippen LogP contribution >= 0.6 is 0 Å². The second-order valence-corrected chi connectivity index (χ2v) is 5.45. The molecule has 2 rings (SSSR count). The van der Waals surface area contributed by atoms with Gasteiger partial charge in [-0.05, 0) is 39.8 Å². The Morgan fingerprint density at radius 1 is 1.24 bits per heavy atom. The van der Waals surface area contributed by atoms with E-state index in [9.17, 15) is 4.79 Å². The third kappa shape index (κ3) is 3.59. The van der Waals surface area contributed by atoms with Crippen LogP contribution in [0.4, 0.5) is 0 Å². The summed E-state index contributed by atoms with van der Waals surface area (Å²) in [5, 5.41) is 10.4. The molecule has 0 saturated heterocycles. The van der Waals surface area contributed by atoms with Crippen molar-refractivity contribution in [2.24, 2.45) is 0 Å². The Bertz CT molecular complexity index is 629. The fourth-order valence-corrected chi connectivity index (χ4v) is 1.84. The summed E-state index contributed by atoms with van der Waals surface area (Å²) in [6, 6.07) is 7.40. The van der Waals surface area contributed by atoms with Crippen LogP contribution in [0.1, 0.15) is 38.2 Å². The molecule has 0 unspecified atom stereocenters. The monoisotopic (exact) mass is 289 g/mol. The van der Waals surface area contributed by atoms with Crippen molar-refractivity contribution in [2.45, 2.75) is 33.3 Å². The molecule has 0 aliphatic heterocycles. The standard InChI is InChI=1S/C15H19N3O3/c1-5-20-14(19)13-12(16-18-17-13)10-8-6-7-9-11(10)21-15(2,3)4/h6-9H,5H2,1-4H3,(H,16,17,18). The molecule has 0 aliphatic carbocycles. The maximum Gasteiger partial charge on any atom is 0.361 e. The molecule has 0 fully saturated rings. The van der Waals surface area contributed by atoms with Crippen molar-refractivity contribution < 1.29 is 14.3 Å². The highest BCUT2D eigenvalue weighted by Gasteiger charge is 2.23. The van der Waals surface area contributed by atoms with Crippen LogP contribution in [0.3, 0.4) is 0 Å². The number of hydrogen-bond acceptors (Lipinski definition) is 5. The molecule has 0 aliphatic rings. The molecule has 2 aromatic rings. The van der Waals surface area contributed by atoms with Crippen molar-refractivity contribution in [3.05, 3.63) is 30.0 Å². The number of aromatic nitrogens is 3. The van der Waals surface area contributed by atoms with E-state index in [1.807, 2.05) is 45.0 Å². The van der Waals surface area contributed by atoms with Crippen LogP contribution in [0.15, 0.2) is 24.3 Å². The van der Waals surface area contributed by atoms with E-state index in [4.69, 9.17) is 9.47 Å². The van der Waals surface area contributed by atoms with Gasteiger partial charge < -0.3 is 9.47 Å². The van der Waals surface area contributed by atoms with E-state index in [2.05, 4.69) is 15.4 Å². The van der Waals surface area contributed by atoms with E-state index in [1.54, 1.807) is 6.92 Å². The number of hydrogen-bond donors (Lipinski definition) is 1. The van der Waals surface area contributed by atoms with Gasteiger partial charge in [0.2, 0.25) is 0 Å². The van der Waals surface area contributed by atoms with Crippen molar-refractivity contribution in [3.8, 4) is 17.0 Å². The maximum absolute atomic E-state index is 11.9. The smallest absolute Gasteiger partial charge is 0.361 e. The van der Waals surface area contributed by atoms with Crippen molar-refractivity contribution in [1.82, 2.24) is 15.4 Å². The van der Waals surface area contributed by atoms with Crippen LogP contribution in [0.25, 0.3) is 11.3 Å². The number of nitrogens with one attached hydrogen (secondary N) is 1. The first-order valence-corrected chi connectivity index (χ1v) is 6.78. The molecule has 0 bridgehead atoms. The van der Waals surface area contributed by atoms with Gasteiger partial charge >= 0.3 is 5.97 Å². The number of ether oxygens (including phenoxy) is 2. The lowest BCUT2D eigenvalue weighted by Gasteiger charge is -2.22. The van der Waals surface area contributed by atoms with Gasteiger partial charge in [-0.3, -0.25) is 0 Å². The molecule has 1 heterocycles. The van der Waals surface area contributed by atoms with Gasteiger partial charge in [0.15, 0.2) is 5.69 Å². The predicted molar refractivity (Wildman–Crippen MR) is 78.2 cm³/mol. The zero-order chi connectivity index (χ0) is 15.5. The fraction of sp³-hybridized carbons (Fsp3) is 0.400. The summed E-state index contributed by atoms with van der Waals surface area (Å²) in [7, 11) is 0. The number of carbonyl (C=O) groups is 1. The van der Waals surface area contributed by atoms with Gasteiger partial charge in [-0.2, -0.15) is 10.3 Å². The normalized spacial score (nSPS) is 11.2. The molecule has 21 heavy (non-hydrogen) atoms. The maximum atomic E-state index is 11.9. The Morgan fingerprint density at radius 2 is 1.95 bits per heavy atom. The van der Waals surface area contributed by atoms with Crippen molar-refractivity contribution in [1.29, 1.82) is 0 Å². The van der Waals surface area contributed by atoms with E-state index in [1.165, 1.54) is 0 Å². The van der Waals surface area contributed by atoms with Gasteiger partial charge in [0.1, 0.15) is 17.0 Å². The van der Waals surface area contributed by atoms with E-state index < -0.39 is 5.97 Å². The van der Waals surface area contributed by atoms with Gasteiger partial charge in [-0.1, -0.05) is 12.1 Å². The average Bonchev–Trinajstić information content (AvgIpc) is 2.87. The molecule has 6 heteroatoms. The summed E-state index contributed by atoms with van der Waals surface area (Å²) in [4.78, 5) is 11.9. The van der Waals surface area contributed by atoms with Gasteiger partial charge in [-0.15, -0.1) is 5.10 Å². The third-order valence-electron chi connectivity index (χ3n) is 2.58. The Balaban J connectivity index is 2.44. The van der Waals surface area contributed by atoms with Crippen LogP contribution in [-0.2, 0) is 4.74 Å². The lowest BCUT2D eigenvalue weighted by Crippen LogP contribution is -2.23. The lowest BCUT2D eigenvalue weighted by molar-refractivity contribution is 0.0520. The van der Waals surface area contributed by atoms with Crippen molar-refractivity contribution >= 4 is 5.97 Å². The minimum Gasteiger partial charge on any atom is -0.487 e. The Hall–Kier alpha value is -2.37. The number of esters is 1. The first-order chi connectivity index (χ1) is 9.92. The lowest BCUT2D eigenvalue weighted by atomic mass is 10.1. The summed E-state index contributed by atoms with van der Waals surface area (Å²) in [5.74, 6) is 0.135. The molecular weight excluding hydrogens is 270 g/mol. The van der Waals surface area contributed by atoms with Crippen LogP contribution in [0.5, 0.6) is 5.75 Å². The highest BCUT2D eigenvalue weighted by Crippen LogP contribution is 2.32. The third-order valence-corrected chi connectivity index (χ3v) is 2.58. The quantitative estimate of drug-likeness (QED) is 0.876. The van der Waals surface area contributed by atoms with Crippen molar-refractivity contribution in [2.75, 3.05) is 6.61 Å². The van der Waals surface area contributed by atoms with Gasteiger partial charge in [0.05, 0.1) is 6.61 Å². The highest BCUT2D eigenvalue weighted by molar-refractivity contribution is 5.94. The molecule has 112 valence electrons. The summed E-state index contributed by atoms with van der Waals surface area (Å²) in [6.07, 6.45) is 0. The first-order valence-electron chi connectivity index (χ1n) is 6.78. The summed E-state index contributed by atoms with van der Waals surface area (Å²) < 4.78 is 10.9. The number of rotatable bonds is 4. The average molecular weight is 289 g/mol. The molecule has 1 N–H and O–H groups in total. The van der Waals surface area contributed by atoms with Crippen LogP contribution in [-0.4, -0.2) is 33.6 Å². The molecule has 0 spiro atoms. The van der Waals surface area contributed by atoms with Crippen LogP contribution in [0, 0.1) is 0 Å². The number of H-pyrrole nitrogens is 1. The summed E-state index contributed by atoms with van der Waals surface area (Å²) >= 11 is 0. The van der Waals surface area contributed by atoms with Gasteiger partial charge in [-0.25, -0.2) is 4.79 Å². The Morgan fingerprint density at radius 3 is 2.62 bits per heavy atom. The minimum absolute atomic E-state index is 0.154. The topological polar surface area (TPSA) is 77.1 Å². The molecule has 0 saturated carbocycles. The number of aromatic amines is 1. The fourth-order valence-electron chi connectivity index (χ4n) is 1.84. The summed E-state index contributed by atoms with van der Waals surface area (Å²) in [6.45, 7) is 7.90. The Kier molecular flexibility index (Phi) is 4.26. The van der Waals surface area contributed by atoms with Gasteiger partial charge in [0, 0.05) is 5.56 Å². The zero-order valence-electron chi connectivity index (χ0n) is 12.6. The molecule has 1 aromatic carbocycles. The molecular formula is C15H19N3O3. The zero-order valence-corrected chi connectivity index (χ0v) is 12.6. The van der Waals surface area contributed by atoms with Crippen LogP contribution < -0.4 is 4.74 Å². The van der Waals surface area contributed by atoms with E-state index in [0.29, 0.717) is 17.0 Å². The second-order valence-electron chi connectivity index (χ2n) is 5.45. The second kappa shape index (κ2) is 5.95. The molecule has 1 aromatic heterocycles. The number of para-hydroxylation sites is 1. The molecule has 0 atom stereocenters. The van der Waals surface area contributed by atoms with E-state index in [0.717, 1.165) is 0 Å². The predicted octanol–water partition coefficient (Wildman–Crippen LogP) is 2.83. The molecule has 0 radical (unpaired) electrons. The number of benzene rings is 1. The molecule has 0 amide bonds. The van der Waals surface area contributed by atoms with E-state index in [-0.39, 0.29) is 17.9 Å². The number of nitrogens with zero attached hydrogens (tertiary/aromatic N) is 2. The summed E-state index contributed by atoms with van der Waals surface area (Å²) in [5.41, 5.74) is 0.920. The van der Waals surface area contributed by atoms with Gasteiger partial charge in [0.25, 0.3) is 0 Å².